The van der Waals surface area contributed by atoms with Gasteiger partial charge in [-0.05, 0) is 31.3 Å². The summed E-state index contributed by atoms with van der Waals surface area (Å²) in [5.41, 5.74) is 6.10. The van der Waals surface area contributed by atoms with Gasteiger partial charge in [-0.3, -0.25) is 9.69 Å². The molecule has 1 heterocycles. The first-order chi connectivity index (χ1) is 12.4. The molecule has 10 heteroatoms. The lowest BCUT2D eigenvalue weighted by atomic mass is 9.81. The lowest BCUT2D eigenvalue weighted by molar-refractivity contribution is -0.144. The number of rotatable bonds is 10. The predicted molar refractivity (Wildman–Crippen MR) is 118 cm³/mol. The summed E-state index contributed by atoms with van der Waals surface area (Å²) < 4.78 is 0. The number of carboxylic acid groups (broad SMARTS) is 1. The van der Waals surface area contributed by atoms with Gasteiger partial charge >= 0.3 is 13.1 Å². The van der Waals surface area contributed by atoms with E-state index in [4.69, 9.17) is 15.8 Å². The Morgan fingerprint density at radius 1 is 1.04 bits per heavy atom. The van der Waals surface area contributed by atoms with Crippen molar-refractivity contribution in [3.63, 3.8) is 0 Å². The minimum absolute atomic E-state index is 0. The van der Waals surface area contributed by atoms with Gasteiger partial charge in [0.15, 0.2) is 0 Å². The number of benzene rings is 1. The largest absolute Gasteiger partial charge is 0.480 e. The van der Waals surface area contributed by atoms with Crippen LogP contribution in [0.1, 0.15) is 25.7 Å². The molecule has 0 spiro atoms. The number of anilines is 1. The third-order valence-electron chi connectivity index (χ3n) is 5.13. The predicted octanol–water partition coefficient (Wildman–Crippen LogP) is 1.47. The molecule has 0 bridgehead atoms. The van der Waals surface area contributed by atoms with E-state index in [1.165, 1.54) is 5.69 Å². The maximum Gasteiger partial charge on any atom is 0.451 e. The van der Waals surface area contributed by atoms with Gasteiger partial charge in [0.1, 0.15) is 5.54 Å². The highest BCUT2D eigenvalue weighted by Gasteiger charge is 2.34. The Morgan fingerprint density at radius 3 is 2.18 bits per heavy atom. The molecule has 7 nitrogen and oxygen atoms in total. The first kappa shape index (κ1) is 27.0. The van der Waals surface area contributed by atoms with Crippen LogP contribution >= 0.6 is 24.8 Å². The van der Waals surface area contributed by atoms with Crippen molar-refractivity contribution in [2.75, 3.05) is 37.6 Å². The molecule has 0 radical (unpaired) electrons. The number of carbonyl (C=O) groups is 1. The summed E-state index contributed by atoms with van der Waals surface area (Å²) in [5, 5.41) is 27.2. The van der Waals surface area contributed by atoms with Crippen LogP contribution in [-0.4, -0.2) is 71.4 Å². The Balaban J connectivity index is 0.00000364. The lowest BCUT2D eigenvalue weighted by Crippen LogP contribution is -2.52. The summed E-state index contributed by atoms with van der Waals surface area (Å²) >= 11 is 0. The zero-order valence-corrected chi connectivity index (χ0v) is 17.7. The summed E-state index contributed by atoms with van der Waals surface area (Å²) in [6, 6.07) is 10.3. The van der Waals surface area contributed by atoms with E-state index < -0.39 is 18.6 Å². The smallest absolute Gasteiger partial charge is 0.451 e. The number of halogens is 2. The van der Waals surface area contributed by atoms with Crippen molar-refractivity contribution in [1.82, 2.24) is 4.90 Å². The van der Waals surface area contributed by atoms with Crippen molar-refractivity contribution >= 4 is 43.6 Å². The average Bonchev–Trinajstić information content (AvgIpc) is 2.64. The van der Waals surface area contributed by atoms with Gasteiger partial charge in [-0.25, -0.2) is 0 Å². The van der Waals surface area contributed by atoms with Crippen LogP contribution in [0.15, 0.2) is 30.3 Å². The molecule has 1 atom stereocenters. The van der Waals surface area contributed by atoms with E-state index in [2.05, 4.69) is 21.9 Å². The van der Waals surface area contributed by atoms with Crippen molar-refractivity contribution < 1.29 is 19.9 Å². The van der Waals surface area contributed by atoms with Gasteiger partial charge in [0, 0.05) is 38.4 Å². The van der Waals surface area contributed by atoms with Crippen LogP contribution in [0.2, 0.25) is 6.32 Å². The number of hydrogen-bond acceptors (Lipinski definition) is 6. The molecule has 1 aromatic carbocycles. The quantitative estimate of drug-likeness (QED) is 0.325. The second-order valence-electron chi connectivity index (χ2n) is 7.10. The van der Waals surface area contributed by atoms with Crippen LogP contribution in [0.25, 0.3) is 0 Å². The molecule has 0 aliphatic carbocycles. The highest BCUT2D eigenvalue weighted by Crippen LogP contribution is 2.20. The number of nitrogens with two attached hydrogens (primary N) is 1. The van der Waals surface area contributed by atoms with Gasteiger partial charge in [-0.2, -0.15) is 0 Å². The third-order valence-corrected chi connectivity index (χ3v) is 5.13. The second kappa shape index (κ2) is 13.2. The normalized spacial score (nSPS) is 16.5. The van der Waals surface area contributed by atoms with Gasteiger partial charge in [0.25, 0.3) is 0 Å². The van der Waals surface area contributed by atoms with Crippen molar-refractivity contribution in [2.45, 2.75) is 37.5 Å². The number of nitrogens with zero attached hydrogens (tertiary/aromatic N) is 2. The van der Waals surface area contributed by atoms with E-state index in [9.17, 15) is 9.90 Å². The summed E-state index contributed by atoms with van der Waals surface area (Å²) in [5.74, 6) is -0.982. The van der Waals surface area contributed by atoms with E-state index in [0.29, 0.717) is 32.2 Å². The zero-order valence-electron chi connectivity index (χ0n) is 16.1. The molecular weight excluding hydrogens is 404 g/mol. The fraction of sp³-hybridized carbons (Fsp3) is 0.611. The summed E-state index contributed by atoms with van der Waals surface area (Å²) in [6.45, 7) is 4.28. The van der Waals surface area contributed by atoms with Gasteiger partial charge < -0.3 is 25.8 Å². The molecule has 2 rings (SSSR count). The van der Waals surface area contributed by atoms with E-state index in [-0.39, 0.29) is 31.1 Å². The number of aliphatic carboxylic acids is 1. The highest BCUT2D eigenvalue weighted by molar-refractivity contribution is 6.40. The first-order valence-electron chi connectivity index (χ1n) is 9.31. The molecule has 1 saturated heterocycles. The van der Waals surface area contributed by atoms with Crippen LogP contribution in [0.5, 0.6) is 0 Å². The van der Waals surface area contributed by atoms with Crippen LogP contribution in [0, 0.1) is 0 Å². The molecular formula is C18H32BCl2N3O4. The highest BCUT2D eigenvalue weighted by atomic mass is 35.5. The number of para-hydroxylation sites is 1. The maximum absolute atomic E-state index is 11.6. The van der Waals surface area contributed by atoms with E-state index in [0.717, 1.165) is 26.2 Å². The average molecular weight is 436 g/mol. The van der Waals surface area contributed by atoms with E-state index in [1.54, 1.807) is 0 Å². The van der Waals surface area contributed by atoms with Crippen molar-refractivity contribution in [2.24, 2.45) is 5.73 Å². The summed E-state index contributed by atoms with van der Waals surface area (Å²) in [7, 11) is -1.34. The van der Waals surface area contributed by atoms with Crippen LogP contribution in [0.3, 0.4) is 0 Å². The number of piperazine rings is 1. The molecule has 0 aromatic heterocycles. The molecule has 28 heavy (non-hydrogen) atoms. The molecule has 1 aliphatic heterocycles. The van der Waals surface area contributed by atoms with E-state index >= 15 is 0 Å². The maximum atomic E-state index is 11.6. The molecule has 0 amide bonds. The molecule has 160 valence electrons. The Bertz CT molecular complexity index is 563. The lowest BCUT2D eigenvalue weighted by Gasteiger charge is -2.37. The van der Waals surface area contributed by atoms with Crippen molar-refractivity contribution in [3.05, 3.63) is 30.3 Å². The first-order valence-corrected chi connectivity index (χ1v) is 9.31. The second-order valence-corrected chi connectivity index (χ2v) is 7.10. The Hall–Kier alpha value is -1.03. The SMILES string of the molecule is Cl.Cl.NC(CCCCB(O)O)(CCN1CCN(c2ccccc2)CC1)C(=O)O. The Kier molecular flexibility index (Phi) is 12.8. The molecule has 1 aromatic rings. The Morgan fingerprint density at radius 2 is 1.64 bits per heavy atom. The molecule has 5 N–H and O–H groups in total. The van der Waals surface area contributed by atoms with E-state index in [1.807, 2.05) is 18.2 Å². The summed E-state index contributed by atoms with van der Waals surface area (Å²) in [4.78, 5) is 16.2. The fourth-order valence-corrected chi connectivity index (χ4v) is 3.33. The van der Waals surface area contributed by atoms with Crippen LogP contribution < -0.4 is 10.6 Å². The zero-order chi connectivity index (χ0) is 19.0. The van der Waals surface area contributed by atoms with Gasteiger partial charge in [0.2, 0.25) is 0 Å². The topological polar surface area (TPSA) is 110 Å². The van der Waals surface area contributed by atoms with Gasteiger partial charge in [-0.1, -0.05) is 31.0 Å². The number of hydrogen-bond donors (Lipinski definition) is 4. The molecule has 1 fully saturated rings. The fourth-order valence-electron chi connectivity index (χ4n) is 3.33. The monoisotopic (exact) mass is 435 g/mol. The van der Waals surface area contributed by atoms with Gasteiger partial charge in [0.05, 0.1) is 0 Å². The molecule has 1 unspecified atom stereocenters. The molecule has 0 saturated carbocycles. The number of unbranched alkanes of at least 4 members (excludes halogenated alkanes) is 1. The van der Waals surface area contributed by atoms with Crippen LogP contribution in [0.4, 0.5) is 5.69 Å². The number of carboxylic acids is 1. The van der Waals surface area contributed by atoms with Crippen LogP contribution in [-0.2, 0) is 4.79 Å². The van der Waals surface area contributed by atoms with Crippen molar-refractivity contribution in [1.29, 1.82) is 0 Å². The third kappa shape index (κ3) is 8.55. The standard InChI is InChI=1S/C18H30BN3O4.2ClH/c20-18(17(23)24,8-4-5-10-19(25)26)9-11-21-12-14-22(15-13-21)16-6-2-1-3-7-16;;/h1-3,6-7,25-26H,4-5,8-15,20H2,(H,23,24);2*1H. The minimum atomic E-state index is -1.34. The van der Waals surface area contributed by atoms with Crippen molar-refractivity contribution in [3.8, 4) is 0 Å². The molecule has 1 aliphatic rings. The minimum Gasteiger partial charge on any atom is -0.480 e. The summed E-state index contributed by atoms with van der Waals surface area (Å²) in [6.07, 6.45) is 2.12. The van der Waals surface area contributed by atoms with Gasteiger partial charge in [-0.15, -0.1) is 24.8 Å². The Labute approximate surface area is 179 Å².